The van der Waals surface area contributed by atoms with Gasteiger partial charge in [-0.05, 0) is 23.3 Å². The highest BCUT2D eigenvalue weighted by Gasteiger charge is 2.32. The Morgan fingerprint density at radius 1 is 0.643 bits per heavy atom. The first-order valence-electron chi connectivity index (χ1n) is 7.81. The minimum Gasteiger partial charge on any atom is -0.444 e. The number of nitro benzene ring substituents is 3. The molecule has 28 heavy (non-hydrogen) atoms. The van der Waals surface area contributed by atoms with E-state index in [9.17, 15) is 30.3 Å². The van der Waals surface area contributed by atoms with E-state index in [1.807, 2.05) is 30.3 Å². The number of nitrogens with zero attached hydrogens (tertiary/aromatic N) is 3. The Hall–Kier alpha value is -4.34. The molecule has 0 aliphatic heterocycles. The highest BCUT2D eigenvalue weighted by molar-refractivity contribution is 5.67. The van der Waals surface area contributed by atoms with E-state index in [0.717, 1.165) is 11.1 Å². The molecule has 0 heterocycles. The number of ether oxygens (including phenoxy) is 1. The summed E-state index contributed by atoms with van der Waals surface area (Å²) in [7, 11) is 0. The number of non-ortho nitro benzene ring substituents is 1. The second-order valence-electron chi connectivity index (χ2n) is 5.58. The van der Waals surface area contributed by atoms with Gasteiger partial charge >= 0.3 is 11.4 Å². The molecule has 0 aliphatic carbocycles. The molecular weight excluding hydrogens is 370 g/mol. The molecule has 0 fully saturated rings. The third kappa shape index (κ3) is 3.75. The van der Waals surface area contributed by atoms with Gasteiger partial charge in [-0.3, -0.25) is 30.3 Å². The fourth-order valence-electron chi connectivity index (χ4n) is 2.53. The zero-order chi connectivity index (χ0) is 20.3. The molecule has 3 aromatic rings. The van der Waals surface area contributed by atoms with E-state index in [1.165, 1.54) is 12.1 Å². The molecule has 0 aromatic heterocycles. The van der Waals surface area contributed by atoms with Crippen molar-refractivity contribution in [3.8, 4) is 22.6 Å². The quantitative estimate of drug-likeness (QED) is 0.438. The van der Waals surface area contributed by atoms with Gasteiger partial charge in [0, 0.05) is 0 Å². The minimum absolute atomic E-state index is 0.111. The number of nitro groups is 3. The van der Waals surface area contributed by atoms with Crippen LogP contribution in [-0.4, -0.2) is 14.8 Å². The van der Waals surface area contributed by atoms with Gasteiger partial charge in [0.15, 0.2) is 0 Å². The summed E-state index contributed by atoms with van der Waals surface area (Å²) in [6, 6.07) is 17.0. The fraction of sp³-hybridized carbons (Fsp3) is 0. The average Bonchev–Trinajstić information content (AvgIpc) is 2.68. The van der Waals surface area contributed by atoms with E-state index in [2.05, 4.69) is 0 Å². The van der Waals surface area contributed by atoms with Crippen LogP contribution in [0.5, 0.6) is 11.5 Å². The molecule has 0 aliphatic rings. The van der Waals surface area contributed by atoms with Gasteiger partial charge in [0.05, 0.1) is 26.9 Å². The molecule has 0 saturated heterocycles. The number of rotatable bonds is 6. The maximum Gasteiger partial charge on any atom is 0.325 e. The van der Waals surface area contributed by atoms with Crippen molar-refractivity contribution in [1.82, 2.24) is 0 Å². The van der Waals surface area contributed by atoms with Gasteiger partial charge in [-0.2, -0.15) is 0 Å². The second-order valence-corrected chi connectivity index (χ2v) is 5.58. The predicted octanol–water partition coefficient (Wildman–Crippen LogP) is 4.87. The van der Waals surface area contributed by atoms with E-state index in [1.54, 1.807) is 12.1 Å². The van der Waals surface area contributed by atoms with Gasteiger partial charge in [-0.25, -0.2) is 0 Å². The third-order valence-corrected chi connectivity index (χ3v) is 3.82. The molecule has 10 heteroatoms. The summed E-state index contributed by atoms with van der Waals surface area (Å²) in [5.41, 5.74) is -0.728. The summed E-state index contributed by atoms with van der Waals surface area (Å²) in [6.07, 6.45) is 0. The molecule has 0 amide bonds. The Morgan fingerprint density at radius 2 is 1.14 bits per heavy atom. The highest BCUT2D eigenvalue weighted by Crippen LogP contribution is 2.43. The smallest absolute Gasteiger partial charge is 0.325 e. The Labute approximate surface area is 157 Å². The van der Waals surface area contributed by atoms with Gasteiger partial charge in [0.2, 0.25) is 0 Å². The van der Waals surface area contributed by atoms with Crippen LogP contribution in [0.15, 0.2) is 66.7 Å². The first-order valence-corrected chi connectivity index (χ1v) is 7.81. The second kappa shape index (κ2) is 7.50. The van der Waals surface area contributed by atoms with Crippen LogP contribution in [0.4, 0.5) is 17.1 Å². The van der Waals surface area contributed by atoms with E-state index >= 15 is 0 Å². The number of benzene rings is 3. The van der Waals surface area contributed by atoms with Gasteiger partial charge in [-0.1, -0.05) is 42.5 Å². The monoisotopic (exact) mass is 381 g/mol. The Morgan fingerprint density at radius 3 is 1.61 bits per heavy atom. The zero-order valence-corrected chi connectivity index (χ0v) is 14.1. The Balaban J connectivity index is 2.02. The van der Waals surface area contributed by atoms with Gasteiger partial charge in [0.25, 0.3) is 11.4 Å². The molecule has 0 bridgehead atoms. The molecule has 3 aromatic carbocycles. The largest absolute Gasteiger partial charge is 0.444 e. The molecule has 10 nitrogen and oxygen atoms in total. The lowest BCUT2D eigenvalue weighted by Crippen LogP contribution is -2.01. The topological polar surface area (TPSA) is 139 Å². The van der Waals surface area contributed by atoms with Crippen LogP contribution in [0.2, 0.25) is 0 Å². The van der Waals surface area contributed by atoms with Crippen LogP contribution in [0.25, 0.3) is 11.1 Å². The predicted molar refractivity (Wildman–Crippen MR) is 98.4 cm³/mol. The first-order chi connectivity index (χ1) is 13.4. The van der Waals surface area contributed by atoms with Crippen molar-refractivity contribution < 1.29 is 19.5 Å². The van der Waals surface area contributed by atoms with Crippen molar-refractivity contribution in [3.05, 3.63) is 97.1 Å². The SMILES string of the molecule is O=[N+]([O-])c1cc([N+](=O)[O-])c(Oc2ccc(-c3ccccc3)cc2)c([N+](=O)[O-])c1. The lowest BCUT2D eigenvalue weighted by molar-refractivity contribution is -0.404. The van der Waals surface area contributed by atoms with Gasteiger partial charge in [0.1, 0.15) is 5.75 Å². The minimum atomic E-state index is -0.965. The normalized spacial score (nSPS) is 10.3. The van der Waals surface area contributed by atoms with E-state index < -0.39 is 37.6 Å². The van der Waals surface area contributed by atoms with Crippen LogP contribution in [0.1, 0.15) is 0 Å². The van der Waals surface area contributed by atoms with Crippen molar-refractivity contribution in [2.75, 3.05) is 0 Å². The summed E-state index contributed by atoms with van der Waals surface area (Å²) in [5.74, 6) is -0.562. The molecule has 0 spiro atoms. The van der Waals surface area contributed by atoms with Gasteiger partial charge < -0.3 is 4.74 Å². The van der Waals surface area contributed by atoms with Crippen LogP contribution in [0, 0.1) is 30.3 Å². The molecule has 0 N–H and O–H groups in total. The maximum absolute atomic E-state index is 11.3. The Bertz CT molecular complexity index is 1030. The maximum atomic E-state index is 11.3. The summed E-state index contributed by atoms with van der Waals surface area (Å²) in [4.78, 5) is 30.6. The van der Waals surface area contributed by atoms with Crippen molar-refractivity contribution >= 4 is 17.1 Å². The van der Waals surface area contributed by atoms with Crippen LogP contribution < -0.4 is 4.74 Å². The highest BCUT2D eigenvalue weighted by atomic mass is 16.6. The lowest BCUT2D eigenvalue weighted by atomic mass is 10.1. The van der Waals surface area contributed by atoms with Crippen molar-refractivity contribution in [2.45, 2.75) is 0 Å². The van der Waals surface area contributed by atoms with E-state index in [4.69, 9.17) is 4.74 Å². The third-order valence-electron chi connectivity index (χ3n) is 3.82. The fourth-order valence-corrected chi connectivity index (χ4v) is 2.53. The molecule has 140 valence electrons. The van der Waals surface area contributed by atoms with Crippen molar-refractivity contribution in [3.63, 3.8) is 0 Å². The van der Waals surface area contributed by atoms with Crippen molar-refractivity contribution in [1.29, 1.82) is 0 Å². The van der Waals surface area contributed by atoms with E-state index in [0.29, 0.717) is 12.1 Å². The lowest BCUT2D eigenvalue weighted by Gasteiger charge is -2.08. The van der Waals surface area contributed by atoms with Crippen LogP contribution in [-0.2, 0) is 0 Å². The summed E-state index contributed by atoms with van der Waals surface area (Å²) < 4.78 is 5.38. The molecule has 0 saturated carbocycles. The molecule has 0 radical (unpaired) electrons. The first kappa shape index (κ1) is 18.5. The summed E-state index contributed by atoms with van der Waals surface area (Å²) in [5, 5.41) is 33.5. The van der Waals surface area contributed by atoms with Gasteiger partial charge in [-0.15, -0.1) is 0 Å². The molecule has 0 unspecified atom stereocenters. The standard InChI is InChI=1S/C18H11N3O7/c22-19(23)14-10-16(20(24)25)18(17(11-14)21(26)27)28-15-8-6-13(7-9-15)12-4-2-1-3-5-12/h1-11H. The zero-order valence-electron chi connectivity index (χ0n) is 14.1. The summed E-state index contributed by atoms with van der Waals surface area (Å²) in [6.45, 7) is 0. The molecule has 0 atom stereocenters. The van der Waals surface area contributed by atoms with E-state index in [-0.39, 0.29) is 5.75 Å². The Kier molecular flexibility index (Phi) is 4.94. The number of hydrogen-bond acceptors (Lipinski definition) is 7. The van der Waals surface area contributed by atoms with Crippen molar-refractivity contribution in [2.24, 2.45) is 0 Å². The van der Waals surface area contributed by atoms with Crippen LogP contribution >= 0.6 is 0 Å². The van der Waals surface area contributed by atoms with Crippen LogP contribution in [0.3, 0.4) is 0 Å². The average molecular weight is 381 g/mol. The molecule has 3 rings (SSSR count). The summed E-state index contributed by atoms with van der Waals surface area (Å²) >= 11 is 0. The number of hydrogen-bond donors (Lipinski definition) is 0. The molecular formula is C18H11N3O7.